The van der Waals surface area contributed by atoms with Gasteiger partial charge in [0, 0.05) is 98.4 Å². The minimum absolute atomic E-state index is 0.00357. The molecule has 1 saturated heterocycles. The average molecular weight is 1050 g/mol. The molecule has 4 aromatic rings. The molecule has 76 heavy (non-hydrogen) atoms. The number of guanidine groups is 1. The Hall–Kier alpha value is -7.44. The summed E-state index contributed by atoms with van der Waals surface area (Å²) < 4.78 is 0. The summed E-state index contributed by atoms with van der Waals surface area (Å²) in [5.74, 6) is -7.33. The van der Waals surface area contributed by atoms with Crippen molar-refractivity contribution in [1.82, 2.24) is 36.2 Å². The normalized spacial score (nSPS) is 19.5. The number of allylic oxidation sites excluding steroid dienone is 1. The summed E-state index contributed by atoms with van der Waals surface area (Å²) in [6.45, 7) is 7.94. The quantitative estimate of drug-likeness (QED) is 0.0199. The average Bonchev–Trinajstić information content (AvgIpc) is 4.07. The van der Waals surface area contributed by atoms with Gasteiger partial charge in [-0.05, 0) is 75.0 Å². The van der Waals surface area contributed by atoms with Crippen molar-refractivity contribution in [3.05, 3.63) is 103 Å². The third-order valence-corrected chi connectivity index (χ3v) is 13.5. The zero-order chi connectivity index (χ0) is 55.2. The lowest BCUT2D eigenvalue weighted by Crippen LogP contribution is -2.57. The van der Waals surface area contributed by atoms with Crippen LogP contribution < -0.4 is 38.5 Å². The number of nitrogens with zero attached hydrogens (tertiary/aromatic N) is 2. The van der Waals surface area contributed by atoms with Crippen molar-refractivity contribution >= 4 is 63.7 Å². The van der Waals surface area contributed by atoms with Gasteiger partial charge in [-0.15, -0.1) is 6.58 Å². The molecule has 2 aromatic heterocycles. The van der Waals surface area contributed by atoms with E-state index in [1.807, 2.05) is 43.3 Å². The summed E-state index contributed by atoms with van der Waals surface area (Å²) in [6, 6.07) is 12.8. The van der Waals surface area contributed by atoms with Crippen LogP contribution in [0.25, 0.3) is 10.9 Å². The van der Waals surface area contributed by atoms with E-state index in [1.165, 1.54) is 38.2 Å². The predicted octanol–water partition coefficient (Wildman–Crippen LogP) is 5.27. The number of Topliss-reactive ketones (excluding diaryl/α,β-unsaturated/α-hetero) is 3. The standard InChI is InChI=1S/C50H67N11O8.C7H14/c1-2-3-5-16-46(66)59-39-17-18-45(65)55-21-19-33(43(63)26-34(47(51)67)23-35-28-57-38-15-9-8-14-37(35)38)24-42(62)32(13-10-20-56-50(52)53)25-44(64)40(22-31-11-6-4-7-12-31)60-49(69)41(61-48(39)68)27-36-29-54-30-58-36;1-3-5-7-6-4-2/h4,6-9,11-12,14-15,28-30,32-34,39-41,57H,2-3,5,10,13,16-27H2,1H3,(H2,51,67)(H,54,58)(H,55,65)(H,59,66)(H,60,69)(H,61,68)(H4,52,53,56);3H,1,4-7H2,2H3/t32-,33-,34-,39+,40-,41+;/m1./s1. The number of carbonyl (C=O) groups is 8. The molecule has 0 spiro atoms. The lowest BCUT2D eigenvalue weighted by molar-refractivity contribution is -0.135. The van der Waals surface area contributed by atoms with Crippen molar-refractivity contribution in [2.75, 3.05) is 13.1 Å². The highest BCUT2D eigenvalue weighted by molar-refractivity contribution is 5.98. The highest BCUT2D eigenvalue weighted by Crippen LogP contribution is 2.27. The first-order valence-corrected chi connectivity index (χ1v) is 26.9. The Kier molecular flexibility index (Phi) is 26.9. The summed E-state index contributed by atoms with van der Waals surface area (Å²) in [5.41, 5.74) is 19.9. The van der Waals surface area contributed by atoms with Gasteiger partial charge in [-0.2, -0.15) is 0 Å². The number of rotatable bonds is 23. The van der Waals surface area contributed by atoms with Crippen molar-refractivity contribution in [2.45, 2.75) is 154 Å². The van der Waals surface area contributed by atoms with Crippen LogP contribution in [0.1, 0.15) is 133 Å². The van der Waals surface area contributed by atoms with Crippen LogP contribution in [0.5, 0.6) is 0 Å². The van der Waals surface area contributed by atoms with E-state index in [0.717, 1.165) is 29.3 Å². The molecule has 2 aromatic carbocycles. The molecular formula is C57H81N11O8. The second-order valence-electron chi connectivity index (χ2n) is 19.6. The fraction of sp³-hybridized carbons (Fsp3) is 0.509. The van der Waals surface area contributed by atoms with E-state index < -0.39 is 82.8 Å². The fourth-order valence-corrected chi connectivity index (χ4v) is 9.17. The number of para-hydroxylation sites is 1. The van der Waals surface area contributed by atoms with Crippen molar-refractivity contribution < 1.29 is 38.4 Å². The third-order valence-electron chi connectivity index (χ3n) is 13.5. The zero-order valence-corrected chi connectivity index (χ0v) is 44.4. The molecule has 0 aliphatic carbocycles. The Morgan fingerprint density at radius 2 is 1.55 bits per heavy atom. The lowest BCUT2D eigenvalue weighted by Gasteiger charge is -2.26. The molecule has 1 aliphatic heterocycles. The van der Waals surface area contributed by atoms with Crippen LogP contribution in [0, 0.1) is 17.8 Å². The van der Waals surface area contributed by atoms with E-state index in [2.05, 4.69) is 54.7 Å². The number of aromatic nitrogens is 3. The van der Waals surface area contributed by atoms with E-state index in [9.17, 15) is 38.4 Å². The van der Waals surface area contributed by atoms with Crippen LogP contribution in [0.2, 0.25) is 0 Å². The van der Waals surface area contributed by atoms with Gasteiger partial charge in [0.1, 0.15) is 23.7 Å². The van der Waals surface area contributed by atoms with Gasteiger partial charge in [-0.3, -0.25) is 43.3 Å². The van der Waals surface area contributed by atoms with E-state index >= 15 is 0 Å². The molecule has 3 heterocycles. The molecule has 412 valence electrons. The first-order valence-electron chi connectivity index (χ1n) is 26.9. The maximum absolute atomic E-state index is 14.6. The number of hydrogen-bond acceptors (Lipinski definition) is 10. The number of nitrogens with two attached hydrogens (primary N) is 3. The number of H-pyrrole nitrogens is 2. The first kappa shape index (κ1) is 61.1. The lowest BCUT2D eigenvalue weighted by atomic mass is 9.81. The summed E-state index contributed by atoms with van der Waals surface area (Å²) in [7, 11) is 0. The van der Waals surface area contributed by atoms with Crippen LogP contribution in [0.3, 0.4) is 0 Å². The number of aromatic amines is 2. The molecule has 0 unspecified atom stereocenters. The largest absolute Gasteiger partial charge is 0.370 e. The van der Waals surface area contributed by atoms with Gasteiger partial charge in [-0.25, -0.2) is 4.98 Å². The van der Waals surface area contributed by atoms with E-state index in [4.69, 9.17) is 17.2 Å². The highest BCUT2D eigenvalue weighted by atomic mass is 16.2. The molecule has 19 heteroatoms. The van der Waals surface area contributed by atoms with Gasteiger partial charge in [0.25, 0.3) is 0 Å². The number of nitrogens with one attached hydrogen (secondary N) is 6. The molecule has 6 atom stereocenters. The molecule has 0 bridgehead atoms. The third kappa shape index (κ3) is 21.8. The molecule has 5 rings (SSSR count). The van der Waals surface area contributed by atoms with E-state index in [1.54, 1.807) is 30.5 Å². The number of imidazole rings is 1. The summed E-state index contributed by atoms with van der Waals surface area (Å²) in [5, 5.41) is 12.0. The Morgan fingerprint density at radius 1 is 0.829 bits per heavy atom. The summed E-state index contributed by atoms with van der Waals surface area (Å²) >= 11 is 0. The van der Waals surface area contributed by atoms with Crippen molar-refractivity contribution in [3.63, 3.8) is 0 Å². The zero-order valence-electron chi connectivity index (χ0n) is 44.4. The molecule has 0 radical (unpaired) electrons. The number of primary amides is 1. The second-order valence-corrected chi connectivity index (χ2v) is 19.6. The highest BCUT2D eigenvalue weighted by Gasteiger charge is 2.35. The first-order chi connectivity index (χ1) is 36.6. The number of hydrogen-bond donors (Lipinski definition) is 9. The maximum atomic E-state index is 14.6. The monoisotopic (exact) mass is 1050 g/mol. The Morgan fingerprint density at radius 3 is 2.25 bits per heavy atom. The van der Waals surface area contributed by atoms with Crippen molar-refractivity contribution in [2.24, 2.45) is 39.9 Å². The fourth-order valence-electron chi connectivity index (χ4n) is 9.17. The van der Waals surface area contributed by atoms with Crippen LogP contribution in [0.15, 0.2) is 91.0 Å². The number of amides is 5. The van der Waals surface area contributed by atoms with Crippen LogP contribution >= 0.6 is 0 Å². The molecule has 1 aliphatic rings. The minimum atomic E-state index is -1.27. The maximum Gasteiger partial charge on any atom is 0.243 e. The molecule has 0 saturated carbocycles. The SMILES string of the molecule is C=CCCCCC.CCCCCC(=O)N[C@H]1CCC(=O)NCC[C@@H](C(=O)C[C@@H](Cc2c[nH]c3ccccc23)C(N)=O)CC(=O)[C@H](CCCN=C(N)N)CC(=O)[C@@H](Cc2ccccc2)NC(=O)[C@H](Cc2cnc[nH]2)NC1=O. The molecule has 5 amide bonds. The number of fused-ring (bicyclic) bond motifs is 1. The topological polar surface area (TPSA) is 320 Å². The smallest absolute Gasteiger partial charge is 0.243 e. The number of carbonyl (C=O) groups excluding carboxylic acids is 8. The molecule has 19 nitrogen and oxygen atoms in total. The number of benzene rings is 2. The molecule has 12 N–H and O–H groups in total. The van der Waals surface area contributed by atoms with Crippen LogP contribution in [-0.2, 0) is 57.6 Å². The number of aliphatic imine (C=N–C) groups is 1. The Balaban J connectivity index is 0.00000166. The van der Waals surface area contributed by atoms with Crippen molar-refractivity contribution in [1.29, 1.82) is 0 Å². The van der Waals surface area contributed by atoms with Gasteiger partial charge in [0.2, 0.25) is 29.5 Å². The van der Waals surface area contributed by atoms with E-state index in [0.29, 0.717) is 24.1 Å². The van der Waals surface area contributed by atoms with Crippen LogP contribution in [0.4, 0.5) is 0 Å². The van der Waals surface area contributed by atoms with Gasteiger partial charge < -0.3 is 48.4 Å². The van der Waals surface area contributed by atoms with Crippen molar-refractivity contribution in [3.8, 4) is 0 Å². The predicted molar refractivity (Wildman–Crippen MR) is 294 cm³/mol. The van der Waals surface area contributed by atoms with Gasteiger partial charge in [0.05, 0.1) is 12.4 Å². The minimum Gasteiger partial charge on any atom is -0.370 e. The summed E-state index contributed by atoms with van der Waals surface area (Å²) in [4.78, 5) is 126. The second kappa shape index (κ2) is 33.5. The Bertz CT molecular complexity index is 2520. The number of unbranched alkanes of at least 4 members (excludes halogenated alkanes) is 5. The van der Waals surface area contributed by atoms with Crippen LogP contribution in [-0.4, -0.2) is 99.0 Å². The molecular weight excluding hydrogens is 967 g/mol. The van der Waals surface area contributed by atoms with Gasteiger partial charge in [0.15, 0.2) is 11.7 Å². The van der Waals surface area contributed by atoms with Gasteiger partial charge in [-0.1, -0.05) is 94.1 Å². The Labute approximate surface area is 446 Å². The number of ketones is 3. The van der Waals surface area contributed by atoms with Gasteiger partial charge >= 0.3 is 0 Å². The van der Waals surface area contributed by atoms with E-state index in [-0.39, 0.29) is 89.7 Å². The summed E-state index contributed by atoms with van der Waals surface area (Å²) in [6.07, 6.45) is 13.5. The molecule has 1 fully saturated rings.